The maximum absolute atomic E-state index is 6.64. The summed E-state index contributed by atoms with van der Waals surface area (Å²) in [7, 11) is 0. The van der Waals surface area contributed by atoms with Gasteiger partial charge < -0.3 is 9.47 Å². The van der Waals surface area contributed by atoms with Gasteiger partial charge in [-0.2, -0.15) is 0 Å². The summed E-state index contributed by atoms with van der Waals surface area (Å²) in [6.45, 7) is 8.71. The van der Waals surface area contributed by atoms with Gasteiger partial charge in [0, 0.05) is 0 Å². The van der Waals surface area contributed by atoms with Crippen molar-refractivity contribution < 1.29 is 9.47 Å². The second-order valence-corrected chi connectivity index (χ2v) is 8.60. The van der Waals surface area contributed by atoms with Crippen molar-refractivity contribution in [1.29, 1.82) is 0 Å². The van der Waals surface area contributed by atoms with Crippen LogP contribution in [0.3, 0.4) is 0 Å². The van der Waals surface area contributed by atoms with Crippen LogP contribution < -0.4 is 4.74 Å². The number of hydrogen-bond acceptors (Lipinski definition) is 2. The average molecular weight is 381 g/mol. The first-order valence-corrected chi connectivity index (χ1v) is 11.0. The van der Waals surface area contributed by atoms with E-state index in [-0.39, 0.29) is 17.8 Å². The van der Waals surface area contributed by atoms with E-state index in [1.54, 1.807) is 0 Å². The lowest BCUT2D eigenvalue weighted by Crippen LogP contribution is -2.47. The molecule has 0 heterocycles. The summed E-state index contributed by atoms with van der Waals surface area (Å²) in [5, 5.41) is 0. The van der Waals surface area contributed by atoms with Gasteiger partial charge in [0.25, 0.3) is 0 Å². The van der Waals surface area contributed by atoms with Crippen LogP contribution >= 0.6 is 0 Å². The summed E-state index contributed by atoms with van der Waals surface area (Å²) in [5.74, 6) is 1.45. The lowest BCUT2D eigenvalue weighted by molar-refractivity contribution is -0.159. The van der Waals surface area contributed by atoms with Crippen molar-refractivity contribution >= 4 is 0 Å². The minimum atomic E-state index is -0.276. The molecule has 1 saturated carbocycles. The van der Waals surface area contributed by atoms with Gasteiger partial charge in [0.05, 0.1) is 11.5 Å². The lowest BCUT2D eigenvalue weighted by atomic mass is 9.68. The molecule has 0 amide bonds. The van der Waals surface area contributed by atoms with Crippen LogP contribution in [0.15, 0.2) is 54.6 Å². The fourth-order valence-corrected chi connectivity index (χ4v) is 4.38. The monoisotopic (exact) mass is 380 g/mol. The minimum absolute atomic E-state index is 0.0871. The Balaban J connectivity index is 1.96. The highest BCUT2D eigenvalue weighted by Gasteiger charge is 2.44. The Labute approximate surface area is 171 Å². The molecule has 1 aliphatic rings. The van der Waals surface area contributed by atoms with Crippen molar-refractivity contribution in [3.8, 4) is 5.75 Å². The quantitative estimate of drug-likeness (QED) is 0.450. The Morgan fingerprint density at radius 1 is 0.893 bits per heavy atom. The lowest BCUT2D eigenvalue weighted by Gasteiger charge is -2.44. The first-order valence-electron chi connectivity index (χ1n) is 11.0. The van der Waals surface area contributed by atoms with Gasteiger partial charge in [0.1, 0.15) is 5.75 Å². The highest BCUT2D eigenvalue weighted by atomic mass is 16.7. The largest absolute Gasteiger partial charge is 0.464 e. The zero-order chi connectivity index (χ0) is 20.0. The van der Waals surface area contributed by atoms with Crippen molar-refractivity contribution in [2.24, 2.45) is 0 Å². The van der Waals surface area contributed by atoms with Crippen molar-refractivity contribution in [2.75, 3.05) is 0 Å². The predicted octanol–water partition coefficient (Wildman–Crippen LogP) is 7.23. The molecule has 0 aromatic heterocycles. The normalized spacial score (nSPS) is 18.6. The SMILES string of the molecule is CCC(C)c1cccc(OC(OC(C)C)C2(c3ccccc3)CCCCC2)c1. The fraction of sp³-hybridized carbons (Fsp3) is 0.538. The Kier molecular flexibility index (Phi) is 7.18. The van der Waals surface area contributed by atoms with E-state index in [2.05, 4.69) is 82.3 Å². The molecule has 152 valence electrons. The minimum Gasteiger partial charge on any atom is -0.464 e. The van der Waals surface area contributed by atoms with Crippen molar-refractivity contribution in [2.45, 2.75) is 89.9 Å². The van der Waals surface area contributed by atoms with Crippen molar-refractivity contribution in [3.63, 3.8) is 0 Å². The predicted molar refractivity (Wildman–Crippen MR) is 117 cm³/mol. The van der Waals surface area contributed by atoms with Gasteiger partial charge in [-0.25, -0.2) is 0 Å². The maximum Gasteiger partial charge on any atom is 0.209 e. The van der Waals surface area contributed by atoms with Crippen LogP contribution in [0.25, 0.3) is 0 Å². The summed E-state index contributed by atoms with van der Waals surface area (Å²) in [6.07, 6.45) is 6.94. The zero-order valence-corrected chi connectivity index (χ0v) is 18.0. The van der Waals surface area contributed by atoms with Crippen LogP contribution in [0, 0.1) is 0 Å². The summed E-state index contributed by atoms with van der Waals surface area (Å²) >= 11 is 0. The molecule has 0 saturated heterocycles. The van der Waals surface area contributed by atoms with Gasteiger partial charge in [-0.05, 0) is 62.3 Å². The van der Waals surface area contributed by atoms with E-state index in [0.29, 0.717) is 5.92 Å². The number of ether oxygens (including phenoxy) is 2. The molecule has 2 aromatic carbocycles. The molecule has 2 aromatic rings. The topological polar surface area (TPSA) is 18.5 Å². The molecule has 2 nitrogen and oxygen atoms in total. The van der Waals surface area contributed by atoms with Crippen LogP contribution in [0.4, 0.5) is 0 Å². The molecule has 0 spiro atoms. The first kappa shape index (κ1) is 20.9. The number of rotatable bonds is 8. The maximum atomic E-state index is 6.64. The molecule has 0 N–H and O–H groups in total. The summed E-state index contributed by atoms with van der Waals surface area (Å²) < 4.78 is 13.1. The second-order valence-electron chi connectivity index (χ2n) is 8.60. The summed E-state index contributed by atoms with van der Waals surface area (Å²) in [6, 6.07) is 19.5. The third-order valence-corrected chi connectivity index (χ3v) is 6.22. The van der Waals surface area contributed by atoms with E-state index in [1.807, 2.05) is 0 Å². The molecule has 0 radical (unpaired) electrons. The van der Waals surface area contributed by atoms with Gasteiger partial charge in [0.2, 0.25) is 6.29 Å². The summed E-state index contributed by atoms with van der Waals surface area (Å²) in [5.41, 5.74) is 2.59. The van der Waals surface area contributed by atoms with Crippen LogP contribution in [0.1, 0.15) is 83.3 Å². The first-order chi connectivity index (χ1) is 13.5. The van der Waals surface area contributed by atoms with Gasteiger partial charge in [-0.1, -0.05) is 75.6 Å². The van der Waals surface area contributed by atoms with E-state index in [0.717, 1.165) is 25.0 Å². The highest BCUT2D eigenvalue weighted by molar-refractivity contribution is 5.32. The molecular formula is C26H36O2. The standard InChI is InChI=1S/C26H36O2/c1-5-21(4)22-13-12-16-24(19-22)28-25(27-20(2)3)26(17-10-7-11-18-26)23-14-8-6-9-15-23/h6,8-9,12-16,19-21,25H,5,7,10-11,17-18H2,1-4H3. The van der Waals surface area contributed by atoms with Gasteiger partial charge in [-0.15, -0.1) is 0 Å². The van der Waals surface area contributed by atoms with E-state index in [1.165, 1.54) is 30.4 Å². The zero-order valence-electron chi connectivity index (χ0n) is 18.0. The molecule has 28 heavy (non-hydrogen) atoms. The number of benzene rings is 2. The molecule has 1 fully saturated rings. The van der Waals surface area contributed by atoms with E-state index >= 15 is 0 Å². The third kappa shape index (κ3) is 4.78. The smallest absolute Gasteiger partial charge is 0.209 e. The van der Waals surface area contributed by atoms with E-state index in [9.17, 15) is 0 Å². The molecule has 0 bridgehead atoms. The Bertz CT molecular complexity index is 716. The van der Waals surface area contributed by atoms with Gasteiger partial charge in [-0.3, -0.25) is 0 Å². The Morgan fingerprint density at radius 2 is 1.61 bits per heavy atom. The Hall–Kier alpha value is -1.80. The van der Waals surface area contributed by atoms with Crippen molar-refractivity contribution in [1.82, 2.24) is 0 Å². The Morgan fingerprint density at radius 3 is 2.25 bits per heavy atom. The summed E-state index contributed by atoms with van der Waals surface area (Å²) in [4.78, 5) is 0. The molecule has 2 atom stereocenters. The molecule has 2 heteroatoms. The van der Waals surface area contributed by atoms with Gasteiger partial charge >= 0.3 is 0 Å². The van der Waals surface area contributed by atoms with Crippen molar-refractivity contribution in [3.05, 3.63) is 65.7 Å². The van der Waals surface area contributed by atoms with Crippen LogP contribution in [0.2, 0.25) is 0 Å². The molecule has 2 unspecified atom stereocenters. The van der Waals surface area contributed by atoms with Crippen LogP contribution in [-0.4, -0.2) is 12.4 Å². The molecule has 3 rings (SSSR count). The second kappa shape index (κ2) is 9.60. The fourth-order valence-electron chi connectivity index (χ4n) is 4.38. The number of hydrogen-bond donors (Lipinski definition) is 0. The molecule has 1 aliphatic carbocycles. The van der Waals surface area contributed by atoms with Crippen LogP contribution in [0.5, 0.6) is 5.75 Å². The van der Waals surface area contributed by atoms with Crippen LogP contribution in [-0.2, 0) is 10.2 Å². The van der Waals surface area contributed by atoms with Gasteiger partial charge in [0.15, 0.2) is 0 Å². The highest BCUT2D eigenvalue weighted by Crippen LogP contribution is 2.44. The molecule has 0 aliphatic heterocycles. The molecular weight excluding hydrogens is 344 g/mol. The van der Waals surface area contributed by atoms with E-state index in [4.69, 9.17) is 9.47 Å². The third-order valence-electron chi connectivity index (χ3n) is 6.22. The van der Waals surface area contributed by atoms with E-state index < -0.39 is 0 Å². The average Bonchev–Trinajstić information content (AvgIpc) is 2.73.